The third kappa shape index (κ3) is 1.92. The fraction of sp³-hybridized carbons (Fsp3) is 0.0909. The molecule has 0 amide bonds. The van der Waals surface area contributed by atoms with Gasteiger partial charge in [0.15, 0.2) is 11.3 Å². The first-order chi connectivity index (χ1) is 7.99. The summed E-state index contributed by atoms with van der Waals surface area (Å²) in [6.45, 7) is 0. The lowest BCUT2D eigenvalue weighted by atomic mass is 10.1. The third-order valence-corrected chi connectivity index (χ3v) is 2.29. The largest absolute Gasteiger partial charge is 0.504 e. The van der Waals surface area contributed by atoms with Crippen molar-refractivity contribution in [1.29, 1.82) is 0 Å². The highest BCUT2D eigenvalue weighted by molar-refractivity contribution is 5.89. The van der Waals surface area contributed by atoms with Gasteiger partial charge in [0.1, 0.15) is 0 Å². The fourth-order valence-corrected chi connectivity index (χ4v) is 1.58. The summed E-state index contributed by atoms with van der Waals surface area (Å²) in [4.78, 5) is 21.8. The molecule has 0 saturated carbocycles. The number of fused-ring (bicyclic) bond motifs is 1. The molecule has 1 aromatic heterocycles. The molecule has 0 aliphatic heterocycles. The molecule has 3 N–H and O–H groups in total. The van der Waals surface area contributed by atoms with Crippen LogP contribution < -0.4 is 5.63 Å². The number of phenols is 2. The SMILES string of the molecule is O=C(O)Cc1cc(=O)oc2c(O)c(O)ccc12. The van der Waals surface area contributed by atoms with Crippen LogP contribution in [0.2, 0.25) is 0 Å². The molecule has 2 aromatic rings. The molecule has 88 valence electrons. The average molecular weight is 236 g/mol. The van der Waals surface area contributed by atoms with Crippen molar-refractivity contribution in [3.8, 4) is 11.5 Å². The fourth-order valence-electron chi connectivity index (χ4n) is 1.58. The molecule has 0 aliphatic rings. The summed E-state index contributed by atoms with van der Waals surface area (Å²) in [5, 5.41) is 27.7. The number of benzene rings is 1. The van der Waals surface area contributed by atoms with Gasteiger partial charge >= 0.3 is 11.6 Å². The molecule has 0 spiro atoms. The van der Waals surface area contributed by atoms with E-state index >= 15 is 0 Å². The number of aromatic hydroxyl groups is 2. The molecular weight excluding hydrogens is 228 g/mol. The molecule has 2 rings (SSSR count). The number of carbonyl (C=O) groups is 1. The third-order valence-electron chi connectivity index (χ3n) is 2.29. The predicted octanol–water partition coefficient (Wildman–Crippen LogP) is 0.831. The zero-order chi connectivity index (χ0) is 12.6. The zero-order valence-electron chi connectivity index (χ0n) is 8.51. The van der Waals surface area contributed by atoms with Crippen molar-refractivity contribution in [1.82, 2.24) is 0 Å². The second-order valence-corrected chi connectivity index (χ2v) is 3.47. The molecule has 0 radical (unpaired) electrons. The Kier molecular flexibility index (Phi) is 2.47. The van der Waals surface area contributed by atoms with Crippen LogP contribution in [0.1, 0.15) is 5.56 Å². The first-order valence-corrected chi connectivity index (χ1v) is 4.68. The first kappa shape index (κ1) is 11.0. The standard InChI is InChI=1S/C11H8O6/c12-7-2-1-6-5(3-8(13)14)4-9(15)17-11(6)10(7)16/h1-2,4,12,16H,3H2,(H,13,14). The van der Waals surface area contributed by atoms with Gasteiger partial charge in [-0.25, -0.2) is 4.79 Å². The highest BCUT2D eigenvalue weighted by atomic mass is 16.4. The lowest BCUT2D eigenvalue weighted by molar-refractivity contribution is -0.136. The number of rotatable bonds is 2. The van der Waals surface area contributed by atoms with Gasteiger partial charge in [0, 0.05) is 11.5 Å². The van der Waals surface area contributed by atoms with Crippen molar-refractivity contribution in [2.75, 3.05) is 0 Å². The van der Waals surface area contributed by atoms with Crippen LogP contribution in [-0.2, 0) is 11.2 Å². The van der Waals surface area contributed by atoms with Gasteiger partial charge in [-0.2, -0.15) is 0 Å². The van der Waals surface area contributed by atoms with E-state index < -0.39 is 23.1 Å². The van der Waals surface area contributed by atoms with Gasteiger partial charge in [0.25, 0.3) is 0 Å². The Morgan fingerprint density at radius 3 is 2.65 bits per heavy atom. The van der Waals surface area contributed by atoms with Crippen LogP contribution in [0.4, 0.5) is 0 Å². The molecule has 0 fully saturated rings. The Balaban J connectivity index is 2.81. The summed E-state index contributed by atoms with van der Waals surface area (Å²) in [5.74, 6) is -2.12. The number of hydrogen-bond acceptors (Lipinski definition) is 5. The van der Waals surface area contributed by atoms with Crippen LogP contribution in [0.15, 0.2) is 27.4 Å². The summed E-state index contributed by atoms with van der Waals surface area (Å²) in [6, 6.07) is 3.63. The highest BCUT2D eigenvalue weighted by Gasteiger charge is 2.14. The maximum Gasteiger partial charge on any atom is 0.336 e. The average Bonchev–Trinajstić information content (AvgIpc) is 2.23. The number of hydrogen-bond donors (Lipinski definition) is 3. The maximum absolute atomic E-state index is 11.2. The minimum Gasteiger partial charge on any atom is -0.504 e. The molecule has 6 nitrogen and oxygen atoms in total. The Hall–Kier alpha value is -2.50. The maximum atomic E-state index is 11.2. The second kappa shape index (κ2) is 3.82. The predicted molar refractivity (Wildman–Crippen MR) is 57.2 cm³/mol. The van der Waals surface area contributed by atoms with E-state index in [4.69, 9.17) is 9.52 Å². The van der Waals surface area contributed by atoms with E-state index in [1.54, 1.807) is 0 Å². The van der Waals surface area contributed by atoms with Crippen LogP contribution in [0.25, 0.3) is 11.0 Å². The molecule has 6 heteroatoms. The Morgan fingerprint density at radius 2 is 2.00 bits per heavy atom. The lowest BCUT2D eigenvalue weighted by Gasteiger charge is -2.05. The van der Waals surface area contributed by atoms with E-state index in [0.29, 0.717) is 0 Å². The van der Waals surface area contributed by atoms with Gasteiger partial charge in [-0.15, -0.1) is 0 Å². The summed E-state index contributed by atoms with van der Waals surface area (Å²) in [6.07, 6.45) is -0.369. The van der Waals surface area contributed by atoms with Crippen LogP contribution in [-0.4, -0.2) is 21.3 Å². The van der Waals surface area contributed by atoms with Crippen molar-refractivity contribution < 1.29 is 24.5 Å². The summed E-state index contributed by atoms with van der Waals surface area (Å²) in [7, 11) is 0. The summed E-state index contributed by atoms with van der Waals surface area (Å²) < 4.78 is 4.74. The topological polar surface area (TPSA) is 108 Å². The van der Waals surface area contributed by atoms with Gasteiger partial charge in [-0.1, -0.05) is 0 Å². The Labute approximate surface area is 94.4 Å². The van der Waals surface area contributed by atoms with E-state index in [2.05, 4.69) is 0 Å². The minimum atomic E-state index is -1.11. The van der Waals surface area contributed by atoms with Crippen LogP contribution in [0, 0.1) is 0 Å². The lowest BCUT2D eigenvalue weighted by Crippen LogP contribution is -2.06. The highest BCUT2D eigenvalue weighted by Crippen LogP contribution is 2.33. The summed E-state index contributed by atoms with van der Waals surface area (Å²) in [5.41, 5.74) is -0.776. The van der Waals surface area contributed by atoms with Crippen LogP contribution in [0.3, 0.4) is 0 Å². The van der Waals surface area contributed by atoms with Gasteiger partial charge in [-0.05, 0) is 17.7 Å². The monoisotopic (exact) mass is 236 g/mol. The van der Waals surface area contributed by atoms with Crippen LogP contribution in [0.5, 0.6) is 11.5 Å². The van der Waals surface area contributed by atoms with E-state index in [1.807, 2.05) is 0 Å². The van der Waals surface area contributed by atoms with E-state index in [0.717, 1.165) is 6.07 Å². The van der Waals surface area contributed by atoms with Gasteiger partial charge in [0.2, 0.25) is 5.75 Å². The normalized spacial score (nSPS) is 10.6. The van der Waals surface area contributed by atoms with Crippen molar-refractivity contribution in [2.45, 2.75) is 6.42 Å². The molecule has 0 bridgehead atoms. The summed E-state index contributed by atoms with van der Waals surface area (Å²) >= 11 is 0. The van der Waals surface area contributed by atoms with E-state index in [9.17, 15) is 19.8 Å². The van der Waals surface area contributed by atoms with E-state index in [1.165, 1.54) is 12.1 Å². The molecule has 17 heavy (non-hydrogen) atoms. The molecule has 0 atom stereocenters. The molecule has 1 aromatic carbocycles. The molecule has 0 saturated heterocycles. The molecule has 0 aliphatic carbocycles. The number of aliphatic carboxylic acids is 1. The minimum absolute atomic E-state index is 0.214. The Morgan fingerprint density at radius 1 is 1.29 bits per heavy atom. The van der Waals surface area contributed by atoms with Gasteiger partial charge in [-0.3, -0.25) is 4.79 Å². The molecule has 0 unspecified atom stereocenters. The molecular formula is C11H8O6. The van der Waals surface area contributed by atoms with Gasteiger partial charge < -0.3 is 19.7 Å². The number of phenolic OH excluding ortho intramolecular Hbond substituents is 2. The Bertz CT molecular complexity index is 655. The first-order valence-electron chi connectivity index (χ1n) is 4.68. The zero-order valence-corrected chi connectivity index (χ0v) is 8.51. The van der Waals surface area contributed by atoms with Gasteiger partial charge in [0.05, 0.1) is 6.42 Å². The van der Waals surface area contributed by atoms with E-state index in [-0.39, 0.29) is 23.0 Å². The molecule has 1 heterocycles. The van der Waals surface area contributed by atoms with Crippen molar-refractivity contribution >= 4 is 16.9 Å². The van der Waals surface area contributed by atoms with Crippen molar-refractivity contribution in [3.63, 3.8) is 0 Å². The van der Waals surface area contributed by atoms with Crippen molar-refractivity contribution in [3.05, 3.63) is 34.2 Å². The quantitative estimate of drug-likeness (QED) is 0.526. The number of carboxylic acid groups (broad SMARTS) is 1. The van der Waals surface area contributed by atoms with Crippen LogP contribution >= 0.6 is 0 Å². The number of carboxylic acids is 1. The second-order valence-electron chi connectivity index (χ2n) is 3.47. The smallest absolute Gasteiger partial charge is 0.336 e. The van der Waals surface area contributed by atoms with Crippen molar-refractivity contribution in [2.24, 2.45) is 0 Å².